The van der Waals surface area contributed by atoms with Crippen molar-refractivity contribution in [1.29, 1.82) is 0 Å². The molecule has 32 heavy (non-hydrogen) atoms. The molecule has 8 nitrogen and oxygen atoms in total. The van der Waals surface area contributed by atoms with Crippen molar-refractivity contribution in [3.63, 3.8) is 0 Å². The van der Waals surface area contributed by atoms with Gasteiger partial charge in [-0.05, 0) is 42.0 Å². The van der Waals surface area contributed by atoms with E-state index in [2.05, 4.69) is 37.3 Å². The van der Waals surface area contributed by atoms with Crippen LogP contribution in [-0.4, -0.2) is 43.5 Å². The van der Waals surface area contributed by atoms with Crippen molar-refractivity contribution in [1.82, 2.24) is 30.0 Å². The molecule has 0 amide bonds. The summed E-state index contributed by atoms with van der Waals surface area (Å²) in [6.45, 7) is 4.66. The van der Waals surface area contributed by atoms with Gasteiger partial charge in [-0.25, -0.2) is 14.4 Å². The van der Waals surface area contributed by atoms with Crippen molar-refractivity contribution >= 4 is 34.3 Å². The lowest BCUT2D eigenvalue weighted by Crippen LogP contribution is -2.28. The Morgan fingerprint density at radius 2 is 2.12 bits per heavy atom. The number of hydrogen-bond donors (Lipinski definition) is 2. The number of aromatic nitrogens is 5. The third kappa shape index (κ3) is 4.86. The highest BCUT2D eigenvalue weighted by atomic mass is 32.1. The van der Waals surface area contributed by atoms with Crippen LogP contribution in [0, 0.1) is 5.82 Å². The van der Waals surface area contributed by atoms with Gasteiger partial charge >= 0.3 is 0 Å². The maximum atomic E-state index is 13.6. The molecule has 0 aliphatic rings. The summed E-state index contributed by atoms with van der Waals surface area (Å²) >= 11 is 5.22. The zero-order valence-corrected chi connectivity index (χ0v) is 18.1. The fraction of sp³-hybridized carbons (Fsp3) is 0.136. The smallest absolute Gasteiger partial charge is 0.180 e. The average Bonchev–Trinajstić information content (AvgIpc) is 3.27. The van der Waals surface area contributed by atoms with Crippen molar-refractivity contribution in [3.8, 4) is 17.0 Å². The Labute approximate surface area is 189 Å². The molecule has 162 valence electrons. The van der Waals surface area contributed by atoms with Gasteiger partial charge in [0.05, 0.1) is 31.7 Å². The highest BCUT2D eigenvalue weighted by molar-refractivity contribution is 7.80. The average molecular weight is 450 g/mol. The molecule has 0 aliphatic carbocycles. The van der Waals surface area contributed by atoms with Crippen LogP contribution < -0.4 is 15.4 Å². The lowest BCUT2D eigenvalue weighted by molar-refractivity contribution is 0.385. The minimum Gasteiger partial charge on any atom is -0.494 e. The van der Waals surface area contributed by atoms with Crippen LogP contribution >= 0.6 is 12.2 Å². The van der Waals surface area contributed by atoms with Crippen LogP contribution in [-0.2, 0) is 6.54 Å². The monoisotopic (exact) mass is 449 g/mol. The highest BCUT2D eigenvalue weighted by Crippen LogP contribution is 2.21. The van der Waals surface area contributed by atoms with E-state index in [-0.39, 0.29) is 5.75 Å². The Kier molecular flexibility index (Phi) is 6.31. The minimum atomic E-state index is -0.401. The molecule has 0 fully saturated rings. The first-order chi connectivity index (χ1) is 15.6. The number of pyridine rings is 1. The number of hydrogen-bond acceptors (Lipinski definition) is 6. The maximum Gasteiger partial charge on any atom is 0.180 e. The Morgan fingerprint density at radius 3 is 2.94 bits per heavy atom. The minimum absolute atomic E-state index is 0.199. The van der Waals surface area contributed by atoms with Crippen LogP contribution in [0.4, 0.5) is 10.2 Å². The van der Waals surface area contributed by atoms with Gasteiger partial charge < -0.3 is 15.4 Å². The van der Waals surface area contributed by atoms with Crippen molar-refractivity contribution in [2.75, 3.05) is 19.0 Å². The van der Waals surface area contributed by atoms with E-state index in [1.165, 1.54) is 13.2 Å². The molecule has 4 aromatic rings. The molecule has 10 heteroatoms. The number of fused-ring (bicyclic) bond motifs is 1. The van der Waals surface area contributed by atoms with Gasteiger partial charge in [0, 0.05) is 18.3 Å². The third-order valence-corrected chi connectivity index (χ3v) is 4.79. The molecule has 0 atom stereocenters. The second kappa shape index (κ2) is 9.48. The summed E-state index contributed by atoms with van der Waals surface area (Å²) in [4.78, 5) is 13.6. The first-order valence-corrected chi connectivity index (χ1v) is 10.1. The topological polar surface area (TPSA) is 89.8 Å². The fourth-order valence-electron chi connectivity index (χ4n) is 3.00. The van der Waals surface area contributed by atoms with Crippen LogP contribution in [0.1, 0.15) is 5.56 Å². The molecule has 0 bridgehead atoms. The second-order valence-electron chi connectivity index (χ2n) is 6.81. The largest absolute Gasteiger partial charge is 0.494 e. The van der Waals surface area contributed by atoms with Crippen LogP contribution in [0.2, 0.25) is 0 Å². The Morgan fingerprint density at radius 1 is 1.25 bits per heavy atom. The van der Waals surface area contributed by atoms with E-state index in [1.807, 2.05) is 12.3 Å². The predicted octanol–water partition coefficient (Wildman–Crippen LogP) is 3.56. The summed E-state index contributed by atoms with van der Waals surface area (Å²) < 4.78 is 20.4. The molecule has 0 spiro atoms. The molecule has 0 saturated heterocycles. The van der Waals surface area contributed by atoms with Crippen molar-refractivity contribution in [2.24, 2.45) is 0 Å². The lowest BCUT2D eigenvalue weighted by Gasteiger charge is -2.08. The van der Waals surface area contributed by atoms with E-state index in [4.69, 9.17) is 17.0 Å². The van der Waals surface area contributed by atoms with Gasteiger partial charge in [-0.3, -0.25) is 9.67 Å². The van der Waals surface area contributed by atoms with Gasteiger partial charge in [0.2, 0.25) is 0 Å². The van der Waals surface area contributed by atoms with Gasteiger partial charge in [-0.1, -0.05) is 12.1 Å². The zero-order chi connectivity index (χ0) is 22.5. The van der Waals surface area contributed by atoms with Crippen molar-refractivity contribution < 1.29 is 9.13 Å². The predicted molar refractivity (Wildman–Crippen MR) is 125 cm³/mol. The molecular formula is C22H20FN7OS. The Bertz CT molecular complexity index is 1290. The zero-order valence-electron chi connectivity index (χ0n) is 17.2. The molecule has 1 aromatic carbocycles. The van der Waals surface area contributed by atoms with Gasteiger partial charge in [-0.15, -0.1) is 6.58 Å². The summed E-state index contributed by atoms with van der Waals surface area (Å²) in [5.41, 5.74) is 3.43. The number of nitrogens with one attached hydrogen (secondary N) is 2. The van der Waals surface area contributed by atoms with Crippen LogP contribution in [0.5, 0.6) is 5.75 Å². The summed E-state index contributed by atoms with van der Waals surface area (Å²) in [6.07, 6.45) is 6.94. The molecule has 0 aliphatic heterocycles. The summed E-state index contributed by atoms with van der Waals surface area (Å²) in [6, 6.07) is 8.33. The summed E-state index contributed by atoms with van der Waals surface area (Å²) in [5.74, 6) is 0.360. The summed E-state index contributed by atoms with van der Waals surface area (Å²) in [7, 11) is 1.44. The van der Waals surface area contributed by atoms with E-state index in [0.29, 0.717) is 40.9 Å². The van der Waals surface area contributed by atoms with Crippen LogP contribution in [0.15, 0.2) is 61.6 Å². The third-order valence-electron chi connectivity index (χ3n) is 4.54. The molecule has 0 radical (unpaired) electrons. The van der Waals surface area contributed by atoms with E-state index in [1.54, 1.807) is 41.4 Å². The van der Waals surface area contributed by atoms with Crippen molar-refractivity contribution in [3.05, 3.63) is 73.0 Å². The molecule has 3 aromatic heterocycles. The second-order valence-corrected chi connectivity index (χ2v) is 7.22. The number of thiocarbonyl (C=S) groups is 1. The van der Waals surface area contributed by atoms with E-state index < -0.39 is 5.82 Å². The number of halogens is 1. The molecule has 2 N–H and O–H groups in total. The number of methoxy groups -OCH3 is 1. The highest BCUT2D eigenvalue weighted by Gasteiger charge is 2.09. The van der Waals surface area contributed by atoms with E-state index in [9.17, 15) is 4.39 Å². The van der Waals surface area contributed by atoms with Gasteiger partial charge in [0.1, 0.15) is 11.3 Å². The van der Waals surface area contributed by atoms with Gasteiger partial charge in [0.25, 0.3) is 0 Å². The Hall–Kier alpha value is -3.92. The fourth-order valence-corrected chi connectivity index (χ4v) is 3.19. The summed E-state index contributed by atoms with van der Waals surface area (Å²) in [5, 5.41) is 10.8. The van der Waals surface area contributed by atoms with E-state index in [0.717, 1.165) is 11.1 Å². The molecule has 4 rings (SSSR count). The van der Waals surface area contributed by atoms with E-state index >= 15 is 0 Å². The van der Waals surface area contributed by atoms with Gasteiger partial charge in [0.15, 0.2) is 22.3 Å². The normalized spacial score (nSPS) is 10.7. The molecular weight excluding hydrogens is 429 g/mol. The first-order valence-electron chi connectivity index (χ1n) is 9.70. The quantitative estimate of drug-likeness (QED) is 0.327. The number of rotatable bonds is 7. The maximum absolute atomic E-state index is 13.6. The van der Waals surface area contributed by atoms with Crippen LogP contribution in [0.25, 0.3) is 22.4 Å². The van der Waals surface area contributed by atoms with Gasteiger partial charge in [-0.2, -0.15) is 5.10 Å². The number of nitrogens with zero attached hydrogens (tertiary/aromatic N) is 5. The number of benzene rings is 1. The number of ether oxygens (including phenoxy) is 1. The molecule has 3 heterocycles. The number of anilines is 1. The van der Waals surface area contributed by atoms with Crippen LogP contribution in [0.3, 0.4) is 0 Å². The van der Waals surface area contributed by atoms with Crippen molar-refractivity contribution in [2.45, 2.75) is 6.54 Å². The SMILES string of the molecule is C=CCNC(=S)Nc1ccc2ncc(-c3cnn(Cc4ccc(F)c(OC)c4)c3)nc2n1. The standard InChI is InChI=1S/C22H20FN7OS/c1-3-8-24-22(32)29-20-7-6-17-21(28-20)27-18(11-25-17)15-10-26-30(13-15)12-14-4-5-16(23)19(9-14)31-2/h3-7,9-11,13H,1,8,12H2,2H3,(H2,24,27,28,29,32). The molecule has 0 unspecified atom stereocenters. The molecule has 0 saturated carbocycles. The Balaban J connectivity index is 1.54. The lowest BCUT2D eigenvalue weighted by atomic mass is 10.2. The first kappa shape index (κ1) is 21.3.